The lowest BCUT2D eigenvalue weighted by molar-refractivity contribution is -0.489. The summed E-state index contributed by atoms with van der Waals surface area (Å²) < 4.78 is 35.8. The van der Waals surface area contributed by atoms with Gasteiger partial charge in [-0.1, -0.05) is 26.7 Å². The lowest BCUT2D eigenvalue weighted by atomic mass is 10.2. The molecule has 0 rings (SSSR count). The Balaban J connectivity index is 5.74. The van der Waals surface area contributed by atoms with Gasteiger partial charge < -0.3 is 28.4 Å². The number of hydrogen-bond donors (Lipinski definition) is 1. The van der Waals surface area contributed by atoms with E-state index in [9.17, 15) is 0 Å². The Hall–Kier alpha value is -0.280. The maximum atomic E-state index is 6.15. The van der Waals surface area contributed by atoms with Crippen molar-refractivity contribution < 1.29 is 28.4 Å². The fourth-order valence-electron chi connectivity index (χ4n) is 2.83. The molecule has 0 saturated heterocycles. The first-order valence-electron chi connectivity index (χ1n) is 10.6. The SMILES string of the molecule is CCCC(C)OC(NC(OCC)(OCC)OC(C)CCC)(OCC)OCC. The van der Waals surface area contributed by atoms with E-state index < -0.39 is 12.2 Å². The number of hydrogen-bond acceptors (Lipinski definition) is 7. The van der Waals surface area contributed by atoms with Crippen molar-refractivity contribution in [3.8, 4) is 0 Å². The molecule has 0 aromatic carbocycles. The second-order valence-electron chi connectivity index (χ2n) is 6.40. The third-order valence-electron chi connectivity index (χ3n) is 3.75. The van der Waals surface area contributed by atoms with E-state index >= 15 is 0 Å². The molecule has 2 atom stereocenters. The van der Waals surface area contributed by atoms with Crippen LogP contribution in [0.5, 0.6) is 0 Å². The minimum atomic E-state index is -1.53. The van der Waals surface area contributed by atoms with E-state index in [2.05, 4.69) is 19.2 Å². The molecule has 27 heavy (non-hydrogen) atoms. The highest BCUT2D eigenvalue weighted by Crippen LogP contribution is 2.25. The van der Waals surface area contributed by atoms with Crippen LogP contribution in [-0.2, 0) is 28.4 Å². The van der Waals surface area contributed by atoms with Crippen LogP contribution in [-0.4, -0.2) is 50.8 Å². The summed E-state index contributed by atoms with van der Waals surface area (Å²) in [5, 5.41) is 3.13. The Labute approximate surface area is 166 Å². The molecule has 7 nitrogen and oxygen atoms in total. The highest BCUT2D eigenvalue weighted by molar-refractivity contribution is 4.67. The number of ether oxygens (including phenoxy) is 6. The minimum absolute atomic E-state index is 0.0883. The molecule has 0 aliphatic carbocycles. The fourth-order valence-corrected chi connectivity index (χ4v) is 2.83. The van der Waals surface area contributed by atoms with E-state index in [4.69, 9.17) is 28.4 Å². The van der Waals surface area contributed by atoms with Crippen molar-refractivity contribution in [1.82, 2.24) is 5.32 Å². The first-order chi connectivity index (χ1) is 12.9. The zero-order chi connectivity index (χ0) is 20.8. The molecular formula is C20H43NO6. The van der Waals surface area contributed by atoms with Gasteiger partial charge in [-0.25, -0.2) is 0 Å². The first kappa shape index (κ1) is 26.7. The molecule has 164 valence electrons. The average molecular weight is 394 g/mol. The first-order valence-corrected chi connectivity index (χ1v) is 10.6. The van der Waals surface area contributed by atoms with E-state index in [1.807, 2.05) is 41.5 Å². The second-order valence-corrected chi connectivity index (χ2v) is 6.40. The maximum Gasteiger partial charge on any atom is 0.357 e. The quantitative estimate of drug-likeness (QED) is 0.347. The van der Waals surface area contributed by atoms with Crippen molar-refractivity contribution in [3.63, 3.8) is 0 Å². The monoisotopic (exact) mass is 393 g/mol. The lowest BCUT2D eigenvalue weighted by Crippen LogP contribution is -2.67. The predicted octanol–water partition coefficient (Wildman–Crippen LogP) is 4.36. The van der Waals surface area contributed by atoms with Gasteiger partial charge in [0.05, 0.1) is 38.6 Å². The van der Waals surface area contributed by atoms with Crippen molar-refractivity contribution >= 4 is 0 Å². The van der Waals surface area contributed by atoms with Crippen molar-refractivity contribution in [1.29, 1.82) is 0 Å². The Kier molecular flexibility index (Phi) is 14.5. The zero-order valence-electron chi connectivity index (χ0n) is 18.8. The van der Waals surface area contributed by atoms with Gasteiger partial charge in [-0.15, -0.1) is 0 Å². The molecule has 1 N–H and O–H groups in total. The Morgan fingerprint density at radius 1 is 0.593 bits per heavy atom. The van der Waals surface area contributed by atoms with Gasteiger partial charge in [-0.05, 0) is 54.4 Å². The van der Waals surface area contributed by atoms with Crippen LogP contribution in [0.25, 0.3) is 0 Å². The van der Waals surface area contributed by atoms with Crippen molar-refractivity contribution in [2.45, 2.75) is 105 Å². The summed E-state index contributed by atoms with van der Waals surface area (Å²) in [6.45, 7) is 17.2. The lowest BCUT2D eigenvalue weighted by Gasteiger charge is -2.43. The van der Waals surface area contributed by atoms with Crippen LogP contribution in [0.15, 0.2) is 0 Å². The molecule has 0 spiro atoms. The van der Waals surface area contributed by atoms with Gasteiger partial charge in [0.2, 0.25) is 0 Å². The van der Waals surface area contributed by atoms with Crippen molar-refractivity contribution in [2.75, 3.05) is 26.4 Å². The Morgan fingerprint density at radius 2 is 0.889 bits per heavy atom. The van der Waals surface area contributed by atoms with E-state index in [0.29, 0.717) is 26.4 Å². The van der Waals surface area contributed by atoms with E-state index in [1.165, 1.54) is 0 Å². The van der Waals surface area contributed by atoms with Gasteiger partial charge in [0.25, 0.3) is 0 Å². The van der Waals surface area contributed by atoms with Crippen LogP contribution in [0.3, 0.4) is 0 Å². The molecule has 0 bridgehead atoms. The maximum absolute atomic E-state index is 6.15. The van der Waals surface area contributed by atoms with Gasteiger partial charge in [0, 0.05) is 0 Å². The van der Waals surface area contributed by atoms with Gasteiger partial charge in [-0.3, -0.25) is 0 Å². The molecule has 0 radical (unpaired) electrons. The summed E-state index contributed by atoms with van der Waals surface area (Å²) in [4.78, 5) is 0. The zero-order valence-corrected chi connectivity index (χ0v) is 18.8. The molecule has 0 aromatic rings. The standard InChI is InChI=1S/C20H43NO6/c1-9-15-17(7)26-19(22-11-3,23-12-4)21-20(24-13-5,25-14-6)27-18(8)16-10-2/h17-18,21H,9-16H2,1-8H3. The third kappa shape index (κ3) is 10.2. The van der Waals surface area contributed by atoms with Gasteiger partial charge in [0.15, 0.2) is 0 Å². The van der Waals surface area contributed by atoms with E-state index in [-0.39, 0.29) is 12.2 Å². The predicted molar refractivity (Wildman–Crippen MR) is 106 cm³/mol. The third-order valence-corrected chi connectivity index (χ3v) is 3.75. The second kappa shape index (κ2) is 14.7. The Morgan fingerprint density at radius 3 is 1.11 bits per heavy atom. The van der Waals surface area contributed by atoms with Gasteiger partial charge >= 0.3 is 12.2 Å². The molecule has 7 heteroatoms. The topological polar surface area (TPSA) is 67.4 Å². The van der Waals surface area contributed by atoms with Crippen molar-refractivity contribution in [2.24, 2.45) is 0 Å². The molecule has 0 fully saturated rings. The molecule has 2 unspecified atom stereocenters. The van der Waals surface area contributed by atoms with Crippen LogP contribution >= 0.6 is 0 Å². The van der Waals surface area contributed by atoms with Gasteiger partial charge in [0.1, 0.15) is 0 Å². The fraction of sp³-hybridized carbons (Fsp3) is 1.00. The van der Waals surface area contributed by atoms with E-state index in [1.54, 1.807) is 0 Å². The van der Waals surface area contributed by atoms with Crippen molar-refractivity contribution in [3.05, 3.63) is 0 Å². The summed E-state index contributed by atoms with van der Waals surface area (Å²) in [6.07, 6.45) is 0.468. The van der Waals surface area contributed by atoms with Crippen LogP contribution in [0, 0.1) is 0 Å². The smallest absolute Gasteiger partial charge is 0.314 e. The molecule has 0 amide bonds. The highest BCUT2D eigenvalue weighted by atomic mass is 16.9. The summed E-state index contributed by atoms with van der Waals surface area (Å²) in [6, 6.07) is 0. The van der Waals surface area contributed by atoms with Crippen LogP contribution in [0.4, 0.5) is 0 Å². The molecular weight excluding hydrogens is 350 g/mol. The Bertz CT molecular complexity index is 311. The van der Waals surface area contributed by atoms with Crippen LogP contribution in [0.1, 0.15) is 81.1 Å². The minimum Gasteiger partial charge on any atom is -0.314 e. The molecule has 0 aliphatic heterocycles. The molecule has 0 aromatic heterocycles. The van der Waals surface area contributed by atoms with Gasteiger partial charge in [-0.2, -0.15) is 5.32 Å². The van der Waals surface area contributed by atoms with Crippen LogP contribution in [0.2, 0.25) is 0 Å². The molecule has 0 heterocycles. The summed E-state index contributed by atoms with van der Waals surface area (Å²) >= 11 is 0. The average Bonchev–Trinajstić information content (AvgIpc) is 2.55. The van der Waals surface area contributed by atoms with E-state index in [0.717, 1.165) is 25.7 Å². The highest BCUT2D eigenvalue weighted by Gasteiger charge is 2.48. The molecule has 0 aliphatic rings. The normalized spacial score (nSPS) is 15.1. The summed E-state index contributed by atoms with van der Waals surface area (Å²) in [7, 11) is 0. The number of rotatable bonds is 18. The molecule has 0 saturated carbocycles. The number of nitrogens with one attached hydrogen (secondary N) is 1. The largest absolute Gasteiger partial charge is 0.357 e. The summed E-state index contributed by atoms with van der Waals surface area (Å²) in [5.74, 6) is 0. The van der Waals surface area contributed by atoms with Crippen LogP contribution < -0.4 is 5.32 Å². The summed E-state index contributed by atoms with van der Waals surface area (Å²) in [5.41, 5.74) is 0.